The first-order chi connectivity index (χ1) is 7.13. The first kappa shape index (κ1) is 12.6. The number of rotatable bonds is 6. The van der Waals surface area contributed by atoms with Gasteiger partial charge in [-0.2, -0.15) is 0 Å². The van der Waals surface area contributed by atoms with Gasteiger partial charge in [-0.1, -0.05) is 13.8 Å². The van der Waals surface area contributed by atoms with Crippen molar-refractivity contribution >= 4 is 11.3 Å². The maximum absolute atomic E-state index is 6.04. The Hall–Kier alpha value is -0.450. The minimum Gasteiger partial charge on any atom is -0.375 e. The third-order valence-corrected chi connectivity index (χ3v) is 2.94. The summed E-state index contributed by atoms with van der Waals surface area (Å²) in [5.41, 5.74) is 7.04. The maximum Gasteiger partial charge on any atom is 0.119 e. The van der Waals surface area contributed by atoms with Crippen LogP contribution in [-0.4, -0.2) is 11.6 Å². The molecule has 1 atom stereocenters. The largest absolute Gasteiger partial charge is 0.375 e. The number of nitrogens with two attached hydrogens (primary N) is 1. The summed E-state index contributed by atoms with van der Waals surface area (Å²) in [7, 11) is 0. The van der Waals surface area contributed by atoms with Crippen LogP contribution in [0.1, 0.15) is 43.9 Å². The molecule has 0 aliphatic carbocycles. The molecule has 0 saturated heterocycles. The van der Waals surface area contributed by atoms with E-state index in [1.165, 1.54) is 0 Å². The fourth-order valence-electron chi connectivity index (χ4n) is 1.38. The molecule has 1 unspecified atom stereocenters. The molecular formula is C11H20N2OS. The van der Waals surface area contributed by atoms with Gasteiger partial charge in [-0.25, -0.2) is 4.98 Å². The zero-order chi connectivity index (χ0) is 11.3. The van der Waals surface area contributed by atoms with Crippen LogP contribution in [0.2, 0.25) is 0 Å². The lowest BCUT2D eigenvalue weighted by Crippen LogP contribution is -2.13. The van der Waals surface area contributed by atoms with Crippen LogP contribution in [-0.2, 0) is 11.3 Å². The highest BCUT2D eigenvalue weighted by atomic mass is 32.1. The predicted octanol–water partition coefficient (Wildman–Crippen LogP) is 2.73. The number of hydrogen-bond donors (Lipinski definition) is 1. The minimum absolute atomic E-state index is 0.0663. The standard InChI is InChI=1S/C11H20N2OS/c1-4-14-6-11-13-10(7-15-11)9(12)5-8(2)3/h7-9H,4-6,12H2,1-3H3. The Labute approximate surface area is 95.7 Å². The summed E-state index contributed by atoms with van der Waals surface area (Å²) in [6.45, 7) is 7.67. The summed E-state index contributed by atoms with van der Waals surface area (Å²) < 4.78 is 5.30. The Balaban J connectivity index is 2.51. The average Bonchev–Trinajstić information content (AvgIpc) is 2.62. The van der Waals surface area contributed by atoms with E-state index in [4.69, 9.17) is 10.5 Å². The molecule has 1 aromatic rings. The van der Waals surface area contributed by atoms with Crippen LogP contribution in [0, 0.1) is 5.92 Å². The van der Waals surface area contributed by atoms with E-state index in [1.807, 2.05) is 12.3 Å². The Kier molecular flexibility index (Phi) is 5.22. The normalized spacial score (nSPS) is 13.4. The maximum atomic E-state index is 6.04. The molecule has 0 aliphatic heterocycles. The summed E-state index contributed by atoms with van der Waals surface area (Å²) >= 11 is 1.63. The second-order valence-electron chi connectivity index (χ2n) is 4.04. The fourth-order valence-corrected chi connectivity index (χ4v) is 2.17. The summed E-state index contributed by atoms with van der Waals surface area (Å²) in [6.07, 6.45) is 0.984. The number of aromatic nitrogens is 1. The number of hydrogen-bond acceptors (Lipinski definition) is 4. The monoisotopic (exact) mass is 228 g/mol. The Morgan fingerprint density at radius 1 is 1.53 bits per heavy atom. The van der Waals surface area contributed by atoms with E-state index in [9.17, 15) is 0 Å². The highest BCUT2D eigenvalue weighted by molar-refractivity contribution is 7.09. The van der Waals surface area contributed by atoms with Gasteiger partial charge in [0.05, 0.1) is 12.3 Å². The third-order valence-electron chi connectivity index (χ3n) is 2.10. The first-order valence-electron chi connectivity index (χ1n) is 5.41. The molecule has 15 heavy (non-hydrogen) atoms. The SMILES string of the molecule is CCOCc1nc(C(N)CC(C)C)cs1. The molecule has 4 heteroatoms. The molecule has 0 aliphatic rings. The van der Waals surface area contributed by atoms with Crippen molar-refractivity contribution in [3.63, 3.8) is 0 Å². The van der Waals surface area contributed by atoms with E-state index in [1.54, 1.807) is 11.3 Å². The molecule has 0 spiro atoms. The molecule has 0 amide bonds. The minimum atomic E-state index is 0.0663. The summed E-state index contributed by atoms with van der Waals surface area (Å²) in [4.78, 5) is 4.47. The van der Waals surface area contributed by atoms with Crippen LogP contribution < -0.4 is 5.73 Å². The van der Waals surface area contributed by atoms with Gasteiger partial charge in [0.15, 0.2) is 0 Å². The van der Waals surface area contributed by atoms with Gasteiger partial charge >= 0.3 is 0 Å². The van der Waals surface area contributed by atoms with Gasteiger partial charge in [-0.05, 0) is 19.3 Å². The van der Waals surface area contributed by atoms with Crippen molar-refractivity contribution in [3.8, 4) is 0 Å². The zero-order valence-electron chi connectivity index (χ0n) is 9.69. The lowest BCUT2D eigenvalue weighted by atomic mass is 10.0. The highest BCUT2D eigenvalue weighted by Gasteiger charge is 2.12. The molecule has 0 fully saturated rings. The molecule has 0 saturated carbocycles. The van der Waals surface area contributed by atoms with Crippen molar-refractivity contribution in [2.45, 2.75) is 39.8 Å². The highest BCUT2D eigenvalue weighted by Crippen LogP contribution is 2.21. The van der Waals surface area contributed by atoms with Crippen molar-refractivity contribution in [1.29, 1.82) is 0 Å². The molecule has 2 N–H and O–H groups in total. The fraction of sp³-hybridized carbons (Fsp3) is 0.727. The number of ether oxygens (including phenoxy) is 1. The quantitative estimate of drug-likeness (QED) is 0.814. The molecule has 3 nitrogen and oxygen atoms in total. The smallest absolute Gasteiger partial charge is 0.119 e. The van der Waals surface area contributed by atoms with E-state index >= 15 is 0 Å². The van der Waals surface area contributed by atoms with Crippen molar-refractivity contribution < 1.29 is 4.74 Å². The van der Waals surface area contributed by atoms with Gasteiger partial charge in [0.2, 0.25) is 0 Å². The third kappa shape index (κ3) is 4.28. The predicted molar refractivity (Wildman–Crippen MR) is 63.8 cm³/mol. The zero-order valence-corrected chi connectivity index (χ0v) is 10.5. The van der Waals surface area contributed by atoms with Crippen molar-refractivity contribution in [3.05, 3.63) is 16.1 Å². The van der Waals surface area contributed by atoms with Gasteiger partial charge in [0, 0.05) is 18.0 Å². The van der Waals surface area contributed by atoms with E-state index in [0.717, 1.165) is 23.7 Å². The second-order valence-corrected chi connectivity index (χ2v) is 4.98. The first-order valence-corrected chi connectivity index (χ1v) is 6.29. The Morgan fingerprint density at radius 2 is 2.27 bits per heavy atom. The average molecular weight is 228 g/mol. The molecule has 1 heterocycles. The number of thiazole rings is 1. The molecule has 1 aromatic heterocycles. The molecular weight excluding hydrogens is 208 g/mol. The molecule has 86 valence electrons. The van der Waals surface area contributed by atoms with Crippen LogP contribution >= 0.6 is 11.3 Å². The van der Waals surface area contributed by atoms with E-state index in [-0.39, 0.29) is 6.04 Å². The molecule has 1 rings (SSSR count). The van der Waals surface area contributed by atoms with Crippen molar-refractivity contribution in [2.75, 3.05) is 6.61 Å². The lowest BCUT2D eigenvalue weighted by molar-refractivity contribution is 0.133. The van der Waals surface area contributed by atoms with Crippen molar-refractivity contribution in [1.82, 2.24) is 4.98 Å². The summed E-state index contributed by atoms with van der Waals surface area (Å²) in [5, 5.41) is 3.06. The Bertz CT molecular complexity index is 286. The lowest BCUT2D eigenvalue weighted by Gasteiger charge is -2.10. The summed E-state index contributed by atoms with van der Waals surface area (Å²) in [5.74, 6) is 0.608. The van der Waals surface area contributed by atoms with Gasteiger partial charge < -0.3 is 10.5 Å². The molecule has 0 bridgehead atoms. The van der Waals surface area contributed by atoms with Gasteiger partial charge in [-0.3, -0.25) is 0 Å². The van der Waals surface area contributed by atoms with Crippen LogP contribution in [0.25, 0.3) is 0 Å². The molecule has 0 aromatic carbocycles. The Morgan fingerprint density at radius 3 is 2.87 bits per heavy atom. The topological polar surface area (TPSA) is 48.1 Å². The van der Waals surface area contributed by atoms with Crippen LogP contribution in [0.15, 0.2) is 5.38 Å². The van der Waals surface area contributed by atoms with Crippen LogP contribution in [0.4, 0.5) is 0 Å². The van der Waals surface area contributed by atoms with Gasteiger partial charge in [0.25, 0.3) is 0 Å². The van der Waals surface area contributed by atoms with Gasteiger partial charge in [-0.15, -0.1) is 11.3 Å². The van der Waals surface area contributed by atoms with Crippen LogP contribution in [0.5, 0.6) is 0 Å². The number of nitrogens with zero attached hydrogens (tertiary/aromatic N) is 1. The van der Waals surface area contributed by atoms with E-state index in [2.05, 4.69) is 18.8 Å². The molecule has 0 radical (unpaired) electrons. The van der Waals surface area contributed by atoms with Gasteiger partial charge in [0.1, 0.15) is 5.01 Å². The van der Waals surface area contributed by atoms with Crippen molar-refractivity contribution in [2.24, 2.45) is 11.7 Å². The van der Waals surface area contributed by atoms with E-state index in [0.29, 0.717) is 12.5 Å². The van der Waals surface area contributed by atoms with E-state index < -0.39 is 0 Å². The second kappa shape index (κ2) is 6.20. The summed E-state index contributed by atoms with van der Waals surface area (Å²) in [6, 6.07) is 0.0663. The van der Waals surface area contributed by atoms with Crippen LogP contribution in [0.3, 0.4) is 0 Å².